The third-order valence-electron chi connectivity index (χ3n) is 5.22. The number of likely N-dealkylation sites (N-methyl/N-ethyl adjacent to an activating group) is 1. The van der Waals surface area contributed by atoms with Crippen LogP contribution < -0.4 is 0 Å². The topological polar surface area (TPSA) is 42.0 Å². The lowest BCUT2D eigenvalue weighted by Crippen LogP contribution is -2.44. The van der Waals surface area contributed by atoms with E-state index in [-0.39, 0.29) is 24.2 Å². The number of hydrogen-bond acceptors (Lipinski definition) is 5. The number of aryl methyl sites for hydroxylation is 1. The normalized spacial score (nSPS) is 23.7. The van der Waals surface area contributed by atoms with E-state index in [1.54, 1.807) is 19.0 Å². The molecule has 0 radical (unpaired) electrons. The van der Waals surface area contributed by atoms with Crippen molar-refractivity contribution in [2.75, 3.05) is 40.4 Å². The van der Waals surface area contributed by atoms with Crippen LogP contribution in [0.15, 0.2) is 11.4 Å². The van der Waals surface area contributed by atoms with Crippen LogP contribution in [0.5, 0.6) is 0 Å². The second kappa shape index (κ2) is 7.52. The van der Waals surface area contributed by atoms with E-state index >= 15 is 0 Å². The van der Waals surface area contributed by atoms with Gasteiger partial charge in [-0.2, -0.15) is 0 Å². The summed E-state index contributed by atoms with van der Waals surface area (Å²) >= 11 is 1.85. The van der Waals surface area contributed by atoms with Crippen LogP contribution in [0.3, 0.4) is 0 Å². The number of rotatable bonds is 5. The quantitative estimate of drug-likeness (QED) is 0.815. The van der Waals surface area contributed by atoms with Gasteiger partial charge >= 0.3 is 0 Å². The van der Waals surface area contributed by atoms with Gasteiger partial charge in [0, 0.05) is 45.0 Å². The van der Waals surface area contributed by atoms with Gasteiger partial charge in [0.1, 0.15) is 6.61 Å². The van der Waals surface area contributed by atoms with Gasteiger partial charge in [-0.05, 0) is 36.8 Å². The molecule has 1 aromatic rings. The standard InChI is InChI=1S/C18H28N2O3S/c1-14-4-9-24-16(14)11-20-7-5-18(6-8-20)10-15(12-23-18)22-13-17(21)19(2)3/h4,9,15H,5-8,10-13H2,1-3H3/t15-/m1/s1. The second-order valence-electron chi connectivity index (χ2n) is 7.22. The minimum atomic E-state index is -0.0349. The highest BCUT2D eigenvalue weighted by Gasteiger charge is 2.43. The van der Waals surface area contributed by atoms with Crippen LogP contribution >= 0.6 is 11.3 Å². The van der Waals surface area contributed by atoms with Crippen molar-refractivity contribution in [2.24, 2.45) is 0 Å². The maximum absolute atomic E-state index is 11.6. The van der Waals surface area contributed by atoms with Gasteiger partial charge in [-0.3, -0.25) is 9.69 Å². The Kier molecular flexibility index (Phi) is 5.59. The highest BCUT2D eigenvalue weighted by atomic mass is 32.1. The lowest BCUT2D eigenvalue weighted by atomic mass is 9.88. The number of carbonyl (C=O) groups excluding carboxylic acids is 1. The number of piperidine rings is 1. The molecule has 1 amide bonds. The zero-order valence-electron chi connectivity index (χ0n) is 14.9. The highest BCUT2D eigenvalue weighted by Crippen LogP contribution is 2.37. The van der Waals surface area contributed by atoms with Crippen molar-refractivity contribution in [2.45, 2.75) is 44.4 Å². The Morgan fingerprint density at radius 2 is 2.21 bits per heavy atom. The van der Waals surface area contributed by atoms with E-state index in [9.17, 15) is 4.79 Å². The van der Waals surface area contributed by atoms with Crippen LogP contribution in [-0.2, 0) is 20.8 Å². The second-order valence-corrected chi connectivity index (χ2v) is 8.22. The summed E-state index contributed by atoms with van der Waals surface area (Å²) < 4.78 is 11.9. The number of thiophene rings is 1. The first-order valence-electron chi connectivity index (χ1n) is 8.68. The molecule has 3 rings (SSSR count). The molecule has 0 N–H and O–H groups in total. The van der Waals surface area contributed by atoms with Gasteiger partial charge in [-0.15, -0.1) is 11.3 Å². The monoisotopic (exact) mass is 352 g/mol. The fourth-order valence-electron chi connectivity index (χ4n) is 3.46. The average Bonchev–Trinajstić information content (AvgIpc) is 3.14. The van der Waals surface area contributed by atoms with Gasteiger partial charge in [0.05, 0.1) is 18.3 Å². The average molecular weight is 353 g/mol. The molecule has 24 heavy (non-hydrogen) atoms. The Labute approximate surface area is 148 Å². The zero-order chi connectivity index (χ0) is 17.2. The Morgan fingerprint density at radius 3 is 2.83 bits per heavy atom. The molecule has 2 fully saturated rings. The largest absolute Gasteiger partial charge is 0.372 e. The molecule has 6 heteroatoms. The zero-order valence-corrected chi connectivity index (χ0v) is 15.7. The molecule has 0 aliphatic carbocycles. The van der Waals surface area contributed by atoms with Gasteiger partial charge in [0.2, 0.25) is 5.91 Å². The molecule has 0 unspecified atom stereocenters. The molecule has 1 spiro atoms. The predicted molar refractivity (Wildman–Crippen MR) is 95.3 cm³/mol. The fraction of sp³-hybridized carbons (Fsp3) is 0.722. The first kappa shape index (κ1) is 17.9. The Hall–Kier alpha value is -0.950. The molecule has 1 atom stereocenters. The predicted octanol–water partition coefficient (Wildman–Crippen LogP) is 2.28. The van der Waals surface area contributed by atoms with Crippen LogP contribution in [0, 0.1) is 6.92 Å². The van der Waals surface area contributed by atoms with E-state index in [1.165, 1.54) is 10.4 Å². The molecule has 2 saturated heterocycles. The van der Waals surface area contributed by atoms with Crippen LogP contribution in [0.4, 0.5) is 0 Å². The molecule has 0 aromatic carbocycles. The van der Waals surface area contributed by atoms with Crippen molar-refractivity contribution in [3.05, 3.63) is 21.9 Å². The van der Waals surface area contributed by atoms with E-state index < -0.39 is 0 Å². The van der Waals surface area contributed by atoms with E-state index in [0.29, 0.717) is 6.61 Å². The molecule has 2 aliphatic rings. The third-order valence-corrected chi connectivity index (χ3v) is 6.23. The maximum Gasteiger partial charge on any atom is 0.248 e. The van der Waals surface area contributed by atoms with E-state index in [4.69, 9.17) is 9.47 Å². The number of ether oxygens (including phenoxy) is 2. The summed E-state index contributed by atoms with van der Waals surface area (Å²) in [5.41, 5.74) is 1.36. The Bertz CT molecular complexity index is 564. The molecule has 1 aromatic heterocycles. The van der Waals surface area contributed by atoms with Gasteiger partial charge in [-0.25, -0.2) is 0 Å². The summed E-state index contributed by atoms with van der Waals surface area (Å²) in [6.45, 7) is 6.15. The molecule has 2 aliphatic heterocycles. The van der Waals surface area contributed by atoms with Gasteiger partial charge < -0.3 is 14.4 Å². The lowest BCUT2D eigenvalue weighted by Gasteiger charge is -2.38. The first-order chi connectivity index (χ1) is 11.5. The molecular formula is C18H28N2O3S. The van der Waals surface area contributed by atoms with Crippen LogP contribution in [-0.4, -0.2) is 67.8 Å². The molecule has 5 nitrogen and oxygen atoms in total. The summed E-state index contributed by atoms with van der Waals surface area (Å²) in [6, 6.07) is 2.20. The maximum atomic E-state index is 11.6. The van der Waals surface area contributed by atoms with E-state index in [1.807, 2.05) is 11.3 Å². The van der Waals surface area contributed by atoms with Gasteiger partial charge in [0.15, 0.2) is 0 Å². The van der Waals surface area contributed by atoms with Crippen molar-refractivity contribution in [3.8, 4) is 0 Å². The summed E-state index contributed by atoms with van der Waals surface area (Å²) in [4.78, 5) is 17.2. The van der Waals surface area contributed by atoms with Crippen LogP contribution in [0.25, 0.3) is 0 Å². The number of carbonyl (C=O) groups is 1. The molecule has 0 bridgehead atoms. The minimum Gasteiger partial charge on any atom is -0.372 e. The van der Waals surface area contributed by atoms with Crippen molar-refractivity contribution >= 4 is 17.2 Å². The first-order valence-corrected chi connectivity index (χ1v) is 9.56. The molecule has 0 saturated carbocycles. The van der Waals surface area contributed by atoms with Crippen LogP contribution in [0.1, 0.15) is 29.7 Å². The summed E-state index contributed by atoms with van der Waals surface area (Å²) in [6.07, 6.45) is 3.08. The number of amides is 1. The number of hydrogen-bond donors (Lipinski definition) is 0. The van der Waals surface area contributed by atoms with Crippen molar-refractivity contribution in [3.63, 3.8) is 0 Å². The van der Waals surface area contributed by atoms with Crippen molar-refractivity contribution < 1.29 is 14.3 Å². The minimum absolute atomic E-state index is 0.0112. The number of nitrogens with zero attached hydrogens (tertiary/aromatic N) is 2. The lowest BCUT2D eigenvalue weighted by molar-refractivity contribution is -0.135. The molecular weight excluding hydrogens is 324 g/mol. The third kappa shape index (κ3) is 4.17. The smallest absolute Gasteiger partial charge is 0.248 e. The van der Waals surface area contributed by atoms with Gasteiger partial charge in [0.25, 0.3) is 0 Å². The molecule has 134 valence electrons. The molecule has 3 heterocycles. The van der Waals surface area contributed by atoms with E-state index in [0.717, 1.165) is 38.9 Å². The van der Waals surface area contributed by atoms with E-state index in [2.05, 4.69) is 23.3 Å². The summed E-state index contributed by atoms with van der Waals surface area (Å²) in [7, 11) is 3.51. The van der Waals surface area contributed by atoms with Crippen molar-refractivity contribution in [1.82, 2.24) is 9.80 Å². The summed E-state index contributed by atoms with van der Waals surface area (Å²) in [5.74, 6) is 0.0112. The fourth-order valence-corrected chi connectivity index (χ4v) is 4.41. The van der Waals surface area contributed by atoms with Crippen LogP contribution in [0.2, 0.25) is 0 Å². The van der Waals surface area contributed by atoms with Gasteiger partial charge in [-0.1, -0.05) is 0 Å². The highest BCUT2D eigenvalue weighted by molar-refractivity contribution is 7.10. The summed E-state index contributed by atoms with van der Waals surface area (Å²) in [5, 5.41) is 2.17. The van der Waals surface area contributed by atoms with Crippen molar-refractivity contribution in [1.29, 1.82) is 0 Å². The SMILES string of the molecule is Cc1ccsc1CN1CCC2(CC1)C[C@@H](OCC(=O)N(C)C)CO2. The Balaban J connectivity index is 1.44. The Morgan fingerprint density at radius 1 is 1.46 bits per heavy atom. The number of likely N-dealkylation sites (tertiary alicyclic amines) is 1.